The second-order valence-electron chi connectivity index (χ2n) is 5.79. The van der Waals surface area contributed by atoms with E-state index in [0.717, 1.165) is 6.42 Å². The number of carbonyl (C=O) groups excluding carboxylic acids is 1. The molecule has 0 bridgehead atoms. The number of anilines is 1. The van der Waals surface area contributed by atoms with Crippen LogP contribution in [0.5, 0.6) is 0 Å². The van der Waals surface area contributed by atoms with Gasteiger partial charge in [0, 0.05) is 24.5 Å². The summed E-state index contributed by atoms with van der Waals surface area (Å²) in [4.78, 5) is 11.0. The van der Waals surface area contributed by atoms with Crippen LogP contribution in [0.3, 0.4) is 0 Å². The van der Waals surface area contributed by atoms with E-state index in [-0.39, 0.29) is 17.5 Å². The zero-order valence-corrected chi connectivity index (χ0v) is 11.6. The second-order valence-corrected chi connectivity index (χ2v) is 5.79. The van der Waals surface area contributed by atoms with Crippen LogP contribution >= 0.6 is 0 Å². The fourth-order valence-electron chi connectivity index (χ4n) is 1.75. The summed E-state index contributed by atoms with van der Waals surface area (Å²) < 4.78 is 5.50. The third kappa shape index (κ3) is 4.51. The molecule has 1 aromatic rings. The topological polar surface area (TPSA) is 92.1 Å². The number of hydrogen-bond donors (Lipinski definition) is 3. The summed E-state index contributed by atoms with van der Waals surface area (Å²) in [6.45, 7) is 7.37. The summed E-state index contributed by atoms with van der Waals surface area (Å²) in [5, 5.41) is 17.1. The summed E-state index contributed by atoms with van der Waals surface area (Å²) in [5.74, 6) is 0.649. The average molecular weight is 267 g/mol. The van der Waals surface area contributed by atoms with Crippen LogP contribution in [0.25, 0.3) is 0 Å². The molecular formula is C12H21N5O2. The van der Waals surface area contributed by atoms with E-state index in [1.165, 1.54) is 0 Å². The van der Waals surface area contributed by atoms with Gasteiger partial charge in [0.25, 0.3) is 0 Å². The highest BCUT2D eigenvalue weighted by atomic mass is 16.4. The third-order valence-electron chi connectivity index (χ3n) is 2.83. The van der Waals surface area contributed by atoms with E-state index in [1.54, 1.807) is 0 Å². The summed E-state index contributed by atoms with van der Waals surface area (Å²) in [6, 6.07) is 0.563. The van der Waals surface area contributed by atoms with Gasteiger partial charge in [-0.25, -0.2) is 0 Å². The molecule has 19 heavy (non-hydrogen) atoms. The van der Waals surface area contributed by atoms with Crippen molar-refractivity contribution in [2.45, 2.75) is 51.7 Å². The van der Waals surface area contributed by atoms with Crippen molar-refractivity contribution in [1.82, 2.24) is 20.8 Å². The van der Waals surface area contributed by atoms with E-state index in [2.05, 4.69) is 46.9 Å². The molecule has 3 N–H and O–H groups in total. The first-order chi connectivity index (χ1) is 8.92. The Bertz CT molecular complexity index is 428. The lowest BCUT2D eigenvalue weighted by atomic mass is 10.1. The molecule has 1 fully saturated rings. The molecule has 2 heterocycles. The number of amides is 1. The van der Waals surface area contributed by atoms with Gasteiger partial charge in [0.2, 0.25) is 11.8 Å². The van der Waals surface area contributed by atoms with Gasteiger partial charge in [-0.3, -0.25) is 4.79 Å². The molecule has 7 nitrogen and oxygen atoms in total. The Kier molecular flexibility index (Phi) is 4.04. The van der Waals surface area contributed by atoms with Crippen molar-refractivity contribution in [2.24, 2.45) is 0 Å². The summed E-state index contributed by atoms with van der Waals surface area (Å²) in [6.07, 6.45) is 1.31. The molecule has 2 rings (SSSR count). The Morgan fingerprint density at radius 1 is 1.42 bits per heavy atom. The molecule has 0 saturated carbocycles. The minimum atomic E-state index is 0.00964. The van der Waals surface area contributed by atoms with Crippen molar-refractivity contribution in [3.05, 3.63) is 5.89 Å². The van der Waals surface area contributed by atoms with Gasteiger partial charge >= 0.3 is 6.01 Å². The van der Waals surface area contributed by atoms with Crippen LogP contribution in [0, 0.1) is 0 Å². The molecule has 1 unspecified atom stereocenters. The maximum absolute atomic E-state index is 11.0. The zero-order valence-electron chi connectivity index (χ0n) is 11.6. The predicted molar refractivity (Wildman–Crippen MR) is 70.5 cm³/mol. The van der Waals surface area contributed by atoms with Gasteiger partial charge in [-0.05, 0) is 27.2 Å². The number of piperidine rings is 1. The number of nitrogens with one attached hydrogen (secondary N) is 3. The first kappa shape index (κ1) is 13.8. The van der Waals surface area contributed by atoms with Gasteiger partial charge in [-0.2, -0.15) is 0 Å². The number of hydrogen-bond acceptors (Lipinski definition) is 6. The lowest BCUT2D eigenvalue weighted by Crippen LogP contribution is -2.41. The average Bonchev–Trinajstić information content (AvgIpc) is 2.77. The van der Waals surface area contributed by atoms with Crippen LogP contribution in [0.2, 0.25) is 0 Å². The number of rotatable bonds is 4. The number of nitrogens with zero attached hydrogens (tertiary/aromatic N) is 2. The molecule has 1 aliphatic heterocycles. The molecule has 1 saturated heterocycles. The molecular weight excluding hydrogens is 246 g/mol. The van der Waals surface area contributed by atoms with Crippen molar-refractivity contribution in [1.29, 1.82) is 0 Å². The van der Waals surface area contributed by atoms with Crippen LogP contribution in [-0.2, 0) is 11.3 Å². The highest BCUT2D eigenvalue weighted by Gasteiger charge is 2.20. The summed E-state index contributed by atoms with van der Waals surface area (Å²) in [5.41, 5.74) is 0.00964. The van der Waals surface area contributed by atoms with Crippen molar-refractivity contribution in [3.63, 3.8) is 0 Å². The Morgan fingerprint density at radius 2 is 2.21 bits per heavy atom. The molecule has 106 valence electrons. The molecule has 0 spiro atoms. The van der Waals surface area contributed by atoms with E-state index in [0.29, 0.717) is 31.4 Å². The minimum Gasteiger partial charge on any atom is -0.407 e. The second kappa shape index (κ2) is 5.56. The van der Waals surface area contributed by atoms with Crippen molar-refractivity contribution < 1.29 is 9.21 Å². The van der Waals surface area contributed by atoms with Crippen LogP contribution in [0.1, 0.15) is 39.5 Å². The number of carbonyl (C=O) groups is 1. The maximum atomic E-state index is 11.0. The first-order valence-electron chi connectivity index (χ1n) is 6.53. The Balaban J connectivity index is 1.82. The van der Waals surface area contributed by atoms with Crippen LogP contribution < -0.4 is 16.0 Å². The molecule has 0 aromatic carbocycles. The quantitative estimate of drug-likeness (QED) is 0.742. The summed E-state index contributed by atoms with van der Waals surface area (Å²) in [7, 11) is 0. The van der Waals surface area contributed by atoms with Gasteiger partial charge in [-0.1, -0.05) is 5.10 Å². The van der Waals surface area contributed by atoms with E-state index >= 15 is 0 Å². The monoisotopic (exact) mass is 267 g/mol. The molecule has 1 amide bonds. The van der Waals surface area contributed by atoms with Gasteiger partial charge < -0.3 is 20.4 Å². The van der Waals surface area contributed by atoms with Crippen molar-refractivity contribution in [2.75, 3.05) is 11.9 Å². The number of aromatic nitrogens is 2. The Hall–Kier alpha value is -1.63. The normalized spacial score (nSPS) is 20.2. The molecule has 1 aromatic heterocycles. The molecule has 1 aliphatic rings. The van der Waals surface area contributed by atoms with Gasteiger partial charge in [0.1, 0.15) is 0 Å². The molecule has 1 atom stereocenters. The van der Waals surface area contributed by atoms with Crippen LogP contribution in [0.15, 0.2) is 4.42 Å². The van der Waals surface area contributed by atoms with Gasteiger partial charge in [-0.15, -0.1) is 5.10 Å². The zero-order chi connectivity index (χ0) is 13.9. The standard InChI is InChI=1S/C12H21N5O2/c1-12(2,3)14-7-10-16-17-11(19-10)15-8-4-5-9(18)13-6-8/h8,14H,4-7H2,1-3H3,(H,13,18)(H,15,17). The molecule has 7 heteroatoms. The Labute approximate surface area is 112 Å². The van der Waals surface area contributed by atoms with Crippen molar-refractivity contribution in [3.8, 4) is 0 Å². The third-order valence-corrected chi connectivity index (χ3v) is 2.83. The minimum absolute atomic E-state index is 0.00964. The predicted octanol–water partition coefficient (Wildman–Crippen LogP) is 0.648. The Morgan fingerprint density at radius 3 is 2.84 bits per heavy atom. The highest BCUT2D eigenvalue weighted by Crippen LogP contribution is 2.12. The van der Waals surface area contributed by atoms with Gasteiger partial charge in [0.05, 0.1) is 6.54 Å². The smallest absolute Gasteiger partial charge is 0.315 e. The maximum Gasteiger partial charge on any atom is 0.315 e. The van der Waals surface area contributed by atoms with Crippen LogP contribution in [0.4, 0.5) is 6.01 Å². The SMILES string of the molecule is CC(C)(C)NCc1nnc(NC2CCC(=O)NC2)o1. The fourth-order valence-corrected chi connectivity index (χ4v) is 1.75. The van der Waals surface area contributed by atoms with E-state index in [9.17, 15) is 4.79 Å². The lowest BCUT2D eigenvalue weighted by molar-refractivity contribution is -0.122. The largest absolute Gasteiger partial charge is 0.407 e. The summed E-state index contributed by atoms with van der Waals surface area (Å²) >= 11 is 0. The fraction of sp³-hybridized carbons (Fsp3) is 0.750. The van der Waals surface area contributed by atoms with E-state index in [1.807, 2.05) is 0 Å². The highest BCUT2D eigenvalue weighted by molar-refractivity contribution is 5.76. The van der Waals surface area contributed by atoms with Gasteiger partial charge in [0.15, 0.2) is 0 Å². The van der Waals surface area contributed by atoms with Crippen molar-refractivity contribution >= 4 is 11.9 Å². The lowest BCUT2D eigenvalue weighted by Gasteiger charge is -2.22. The molecule has 0 radical (unpaired) electrons. The first-order valence-corrected chi connectivity index (χ1v) is 6.53. The van der Waals surface area contributed by atoms with E-state index in [4.69, 9.17) is 4.42 Å². The van der Waals surface area contributed by atoms with E-state index < -0.39 is 0 Å². The molecule has 0 aliphatic carbocycles. The van der Waals surface area contributed by atoms with Crippen LogP contribution in [-0.4, -0.2) is 34.2 Å².